The number of piperidine rings is 1. The highest BCUT2D eigenvalue weighted by atomic mass is 35.5. The van der Waals surface area contributed by atoms with Crippen LogP contribution < -0.4 is 5.32 Å². The second-order valence-corrected chi connectivity index (χ2v) is 6.74. The van der Waals surface area contributed by atoms with Gasteiger partial charge in [-0.25, -0.2) is 8.42 Å². The van der Waals surface area contributed by atoms with E-state index in [0.717, 1.165) is 12.8 Å². The highest BCUT2D eigenvalue weighted by molar-refractivity contribution is 7.92. The van der Waals surface area contributed by atoms with Crippen molar-refractivity contribution in [3.8, 4) is 0 Å². The SMILES string of the molecule is CNC1CCCN(C(=O)CS(=O)(=O)CCOC)C1.Cl. The van der Waals surface area contributed by atoms with E-state index in [4.69, 9.17) is 4.74 Å². The first-order valence-corrected chi connectivity index (χ1v) is 7.95. The van der Waals surface area contributed by atoms with Crippen LogP contribution in [0.1, 0.15) is 12.8 Å². The van der Waals surface area contributed by atoms with Gasteiger partial charge < -0.3 is 15.0 Å². The molecule has 0 aromatic carbocycles. The van der Waals surface area contributed by atoms with Gasteiger partial charge in [0.25, 0.3) is 0 Å². The Labute approximate surface area is 121 Å². The zero-order chi connectivity index (χ0) is 13.6. The smallest absolute Gasteiger partial charge is 0.237 e. The number of hydrogen-bond acceptors (Lipinski definition) is 5. The van der Waals surface area contributed by atoms with Crippen LogP contribution >= 0.6 is 12.4 Å². The maximum absolute atomic E-state index is 11.9. The fraction of sp³-hybridized carbons (Fsp3) is 0.909. The summed E-state index contributed by atoms with van der Waals surface area (Å²) in [6.07, 6.45) is 1.94. The van der Waals surface area contributed by atoms with Gasteiger partial charge >= 0.3 is 0 Å². The number of nitrogens with zero attached hydrogens (tertiary/aromatic N) is 1. The van der Waals surface area contributed by atoms with Crippen molar-refractivity contribution in [1.29, 1.82) is 0 Å². The molecule has 1 aliphatic rings. The molecule has 1 heterocycles. The predicted molar refractivity (Wildman–Crippen MR) is 76.4 cm³/mol. The first-order chi connectivity index (χ1) is 8.48. The molecule has 0 saturated carbocycles. The molecule has 6 nitrogen and oxygen atoms in total. The fourth-order valence-electron chi connectivity index (χ4n) is 2.00. The Bertz CT molecular complexity index is 375. The standard InChI is InChI=1S/C11H22N2O4S.ClH/c1-12-10-4-3-5-13(8-10)11(14)9-18(15,16)7-6-17-2;/h10,12H,3-9H2,1-2H3;1H. The normalized spacial score (nSPS) is 19.9. The molecule has 1 unspecified atom stereocenters. The van der Waals surface area contributed by atoms with Gasteiger partial charge in [-0.2, -0.15) is 0 Å². The van der Waals surface area contributed by atoms with Crippen molar-refractivity contribution in [2.75, 3.05) is 45.4 Å². The van der Waals surface area contributed by atoms with Crippen molar-refractivity contribution >= 4 is 28.2 Å². The number of hydrogen-bond donors (Lipinski definition) is 1. The number of methoxy groups -OCH3 is 1. The third-order valence-corrected chi connectivity index (χ3v) is 4.60. The first-order valence-electron chi connectivity index (χ1n) is 6.13. The van der Waals surface area contributed by atoms with Gasteiger partial charge in [-0.1, -0.05) is 0 Å². The van der Waals surface area contributed by atoms with Gasteiger partial charge in [0.05, 0.1) is 12.4 Å². The highest BCUT2D eigenvalue weighted by Gasteiger charge is 2.26. The summed E-state index contributed by atoms with van der Waals surface area (Å²) in [6.45, 7) is 1.38. The average Bonchev–Trinajstić information content (AvgIpc) is 2.36. The molecular weight excluding hydrogens is 292 g/mol. The second-order valence-electron chi connectivity index (χ2n) is 4.55. The van der Waals surface area contributed by atoms with Crippen LogP contribution in [-0.4, -0.2) is 70.6 Å². The molecule has 114 valence electrons. The summed E-state index contributed by atoms with van der Waals surface area (Å²) in [7, 11) is -0.0540. The zero-order valence-corrected chi connectivity index (χ0v) is 13.1. The molecule has 0 aromatic rings. The lowest BCUT2D eigenvalue weighted by Crippen LogP contribution is -2.48. The predicted octanol–water partition coefficient (Wildman–Crippen LogP) is -0.320. The number of halogens is 1. The van der Waals surface area contributed by atoms with Crippen LogP contribution in [0.15, 0.2) is 0 Å². The molecule has 0 bridgehead atoms. The Kier molecular flexibility index (Phi) is 8.56. The van der Waals surface area contributed by atoms with Crippen molar-refractivity contribution in [1.82, 2.24) is 10.2 Å². The number of nitrogens with one attached hydrogen (secondary N) is 1. The summed E-state index contributed by atoms with van der Waals surface area (Å²) in [5.41, 5.74) is 0. The van der Waals surface area contributed by atoms with E-state index < -0.39 is 15.6 Å². The summed E-state index contributed by atoms with van der Waals surface area (Å²) < 4.78 is 28.0. The summed E-state index contributed by atoms with van der Waals surface area (Å²) in [6, 6.07) is 0.268. The zero-order valence-electron chi connectivity index (χ0n) is 11.4. The number of carbonyl (C=O) groups is 1. The van der Waals surface area contributed by atoms with E-state index in [1.165, 1.54) is 7.11 Å². The number of sulfone groups is 1. The van der Waals surface area contributed by atoms with Crippen molar-refractivity contribution in [3.63, 3.8) is 0 Å². The van der Waals surface area contributed by atoms with E-state index >= 15 is 0 Å². The molecule has 1 fully saturated rings. The third kappa shape index (κ3) is 6.56. The summed E-state index contributed by atoms with van der Waals surface area (Å²) in [5.74, 6) is -0.809. The van der Waals surface area contributed by atoms with E-state index in [0.29, 0.717) is 13.1 Å². The molecule has 1 N–H and O–H groups in total. The van der Waals surface area contributed by atoms with E-state index in [9.17, 15) is 13.2 Å². The van der Waals surface area contributed by atoms with E-state index in [2.05, 4.69) is 5.32 Å². The van der Waals surface area contributed by atoms with Gasteiger partial charge in [-0.05, 0) is 19.9 Å². The number of rotatable bonds is 6. The monoisotopic (exact) mass is 314 g/mol. The molecule has 1 saturated heterocycles. The van der Waals surface area contributed by atoms with Crippen LogP contribution in [0, 0.1) is 0 Å². The number of carbonyl (C=O) groups excluding carboxylic acids is 1. The van der Waals surface area contributed by atoms with Gasteiger partial charge in [-0.15, -0.1) is 12.4 Å². The first kappa shape index (κ1) is 18.6. The van der Waals surface area contributed by atoms with Gasteiger partial charge in [0, 0.05) is 26.2 Å². The minimum atomic E-state index is -3.35. The van der Waals surface area contributed by atoms with Gasteiger partial charge in [-0.3, -0.25) is 4.79 Å². The highest BCUT2D eigenvalue weighted by Crippen LogP contribution is 2.10. The molecular formula is C11H23ClN2O4S. The van der Waals surface area contributed by atoms with Crippen LogP contribution in [0.3, 0.4) is 0 Å². The maximum Gasteiger partial charge on any atom is 0.237 e. The van der Waals surface area contributed by atoms with E-state index in [1.807, 2.05) is 7.05 Å². The number of likely N-dealkylation sites (tertiary alicyclic amines) is 1. The average molecular weight is 315 g/mol. The summed E-state index contributed by atoms with van der Waals surface area (Å²) >= 11 is 0. The van der Waals surface area contributed by atoms with Crippen molar-refractivity contribution in [2.45, 2.75) is 18.9 Å². The van der Waals surface area contributed by atoms with Gasteiger partial charge in [0.2, 0.25) is 5.91 Å². The molecule has 1 atom stereocenters. The van der Waals surface area contributed by atoms with Crippen molar-refractivity contribution < 1.29 is 17.9 Å². The van der Waals surface area contributed by atoms with Gasteiger partial charge in [0.1, 0.15) is 5.75 Å². The molecule has 1 amide bonds. The molecule has 0 aromatic heterocycles. The minimum absolute atomic E-state index is 0. The van der Waals surface area contributed by atoms with Crippen LogP contribution in [0.2, 0.25) is 0 Å². The number of amides is 1. The summed E-state index contributed by atoms with van der Waals surface area (Å²) in [5, 5.41) is 3.12. The Morgan fingerprint density at radius 1 is 1.47 bits per heavy atom. The second kappa shape index (κ2) is 8.73. The van der Waals surface area contributed by atoms with E-state index in [1.54, 1.807) is 4.90 Å². The fourth-order valence-corrected chi connectivity index (χ4v) is 3.12. The molecule has 0 radical (unpaired) electrons. The molecule has 19 heavy (non-hydrogen) atoms. The van der Waals surface area contributed by atoms with Crippen LogP contribution in [-0.2, 0) is 19.4 Å². The lowest BCUT2D eigenvalue weighted by molar-refractivity contribution is -0.129. The molecule has 0 aliphatic carbocycles. The van der Waals surface area contributed by atoms with Crippen molar-refractivity contribution in [2.24, 2.45) is 0 Å². The Morgan fingerprint density at radius 3 is 2.74 bits per heavy atom. The van der Waals surface area contributed by atoms with Crippen LogP contribution in [0.25, 0.3) is 0 Å². The number of ether oxygens (including phenoxy) is 1. The Balaban J connectivity index is 0.00000324. The lowest BCUT2D eigenvalue weighted by atomic mass is 10.1. The Morgan fingerprint density at radius 2 is 2.16 bits per heavy atom. The number of likely N-dealkylation sites (N-methyl/N-ethyl adjacent to an activating group) is 1. The van der Waals surface area contributed by atoms with Crippen molar-refractivity contribution in [3.05, 3.63) is 0 Å². The van der Waals surface area contributed by atoms with Crippen LogP contribution in [0.5, 0.6) is 0 Å². The molecule has 1 rings (SSSR count). The Hall–Kier alpha value is -0.370. The lowest BCUT2D eigenvalue weighted by Gasteiger charge is -2.32. The summed E-state index contributed by atoms with van der Waals surface area (Å²) in [4.78, 5) is 13.6. The van der Waals surface area contributed by atoms with Crippen LogP contribution in [0.4, 0.5) is 0 Å². The minimum Gasteiger partial charge on any atom is -0.384 e. The quantitative estimate of drug-likeness (QED) is 0.727. The largest absolute Gasteiger partial charge is 0.384 e. The molecule has 1 aliphatic heterocycles. The van der Waals surface area contributed by atoms with Gasteiger partial charge in [0.15, 0.2) is 9.84 Å². The molecule has 0 spiro atoms. The van der Waals surface area contributed by atoms with E-state index in [-0.39, 0.29) is 36.7 Å². The maximum atomic E-state index is 11.9. The molecule has 8 heteroatoms. The third-order valence-electron chi connectivity index (χ3n) is 3.12. The topological polar surface area (TPSA) is 75.7 Å².